The molecule has 7 heteroatoms. The third kappa shape index (κ3) is 3.06. The summed E-state index contributed by atoms with van der Waals surface area (Å²) in [5, 5.41) is 0. The highest BCUT2D eigenvalue weighted by molar-refractivity contribution is 5.39. The van der Waals surface area contributed by atoms with Gasteiger partial charge in [-0.05, 0) is 17.7 Å². The summed E-state index contributed by atoms with van der Waals surface area (Å²) in [5.41, 5.74) is 3.19. The Morgan fingerprint density at radius 1 is 1.24 bits per heavy atom. The van der Waals surface area contributed by atoms with Crippen molar-refractivity contribution >= 4 is 0 Å². The van der Waals surface area contributed by atoms with Gasteiger partial charge in [0.1, 0.15) is 5.75 Å². The number of rotatable bonds is 3. The third-order valence-electron chi connectivity index (χ3n) is 2.20. The molecule has 0 bridgehead atoms. The monoisotopic (exact) mass is 255 g/mol. The fourth-order valence-corrected chi connectivity index (χ4v) is 1.33. The van der Waals surface area contributed by atoms with E-state index in [1.165, 1.54) is 7.11 Å². The average Bonchev–Trinajstić information content (AvgIpc) is 2.26. The van der Waals surface area contributed by atoms with E-state index in [1.54, 1.807) is 0 Å². The van der Waals surface area contributed by atoms with Crippen LogP contribution in [0, 0.1) is 0 Å². The molecule has 0 aliphatic carbocycles. The van der Waals surface area contributed by atoms with Gasteiger partial charge in [-0.2, -0.15) is 13.2 Å². The van der Waals surface area contributed by atoms with Gasteiger partial charge in [-0.3, -0.25) is 0 Å². The van der Waals surface area contributed by atoms with E-state index in [-0.39, 0.29) is 5.75 Å². The second-order valence-corrected chi connectivity index (χ2v) is 3.31. The average molecular weight is 255 g/mol. The van der Waals surface area contributed by atoms with Crippen LogP contribution in [-0.4, -0.2) is 13.5 Å². The zero-order valence-electron chi connectivity index (χ0n) is 8.76. The van der Waals surface area contributed by atoms with Gasteiger partial charge < -0.3 is 10.5 Å². The molecule has 0 fully saturated rings. The molecule has 1 rings (SSSR count). The Morgan fingerprint density at radius 2 is 1.82 bits per heavy atom. The maximum absolute atomic E-state index is 12.6. The number of hydrogen-bond donors (Lipinski definition) is 1. The van der Waals surface area contributed by atoms with E-state index in [0.717, 1.165) is 12.1 Å². The summed E-state index contributed by atoms with van der Waals surface area (Å²) < 4.78 is 67.2. The van der Waals surface area contributed by atoms with Crippen LogP contribution in [0.1, 0.15) is 17.2 Å². The largest absolute Gasteiger partial charge is 0.497 e. The minimum Gasteiger partial charge on any atom is -0.497 e. The molecule has 0 radical (unpaired) electrons. The molecule has 2 nitrogen and oxygen atoms in total. The molecule has 17 heavy (non-hydrogen) atoms. The lowest BCUT2D eigenvalue weighted by molar-refractivity contribution is -0.138. The molecular weight excluding hydrogens is 245 g/mol. The van der Waals surface area contributed by atoms with Crippen LogP contribution < -0.4 is 10.5 Å². The number of hydrogen-bond acceptors (Lipinski definition) is 2. The molecule has 1 aromatic rings. The summed E-state index contributed by atoms with van der Waals surface area (Å²) in [6.45, 7) is 0. The first-order valence-corrected chi connectivity index (χ1v) is 4.56. The lowest BCUT2D eigenvalue weighted by atomic mass is 10.0. The second-order valence-electron chi connectivity index (χ2n) is 3.31. The highest BCUT2D eigenvalue weighted by atomic mass is 19.4. The standard InChI is InChI=1S/C10H10F5NO/c1-17-5-2-3-6(8(16)9(11)12)7(4-5)10(13,14)15/h2-4,8-9H,16H2,1H3/t8-/m0/s1. The molecule has 1 aromatic carbocycles. The lowest BCUT2D eigenvalue weighted by Gasteiger charge is -2.18. The van der Waals surface area contributed by atoms with Gasteiger partial charge in [0.05, 0.1) is 18.7 Å². The van der Waals surface area contributed by atoms with Crippen molar-refractivity contribution in [2.45, 2.75) is 18.6 Å². The molecule has 0 saturated carbocycles. The van der Waals surface area contributed by atoms with Gasteiger partial charge in [0, 0.05) is 0 Å². The highest BCUT2D eigenvalue weighted by Gasteiger charge is 2.36. The van der Waals surface area contributed by atoms with Crippen molar-refractivity contribution < 1.29 is 26.7 Å². The molecule has 96 valence electrons. The topological polar surface area (TPSA) is 35.2 Å². The third-order valence-corrected chi connectivity index (χ3v) is 2.20. The molecule has 0 aliphatic rings. The molecule has 0 aliphatic heterocycles. The van der Waals surface area contributed by atoms with Crippen LogP contribution in [0.15, 0.2) is 18.2 Å². The summed E-state index contributed by atoms with van der Waals surface area (Å²) in [6, 6.07) is 0.737. The van der Waals surface area contributed by atoms with Crippen LogP contribution >= 0.6 is 0 Å². The van der Waals surface area contributed by atoms with E-state index in [2.05, 4.69) is 4.74 Å². The molecule has 2 N–H and O–H groups in total. The number of benzene rings is 1. The van der Waals surface area contributed by atoms with E-state index < -0.39 is 29.8 Å². The Balaban J connectivity index is 3.30. The van der Waals surface area contributed by atoms with Crippen LogP contribution in [0.25, 0.3) is 0 Å². The van der Waals surface area contributed by atoms with Crippen molar-refractivity contribution in [3.63, 3.8) is 0 Å². The van der Waals surface area contributed by atoms with E-state index in [1.807, 2.05) is 0 Å². The Morgan fingerprint density at radius 3 is 2.24 bits per heavy atom. The Labute approximate surface area is 94.2 Å². The summed E-state index contributed by atoms with van der Waals surface area (Å²) >= 11 is 0. The zero-order valence-corrected chi connectivity index (χ0v) is 8.76. The first kappa shape index (κ1) is 13.7. The number of alkyl halides is 5. The predicted octanol–water partition coefficient (Wildman–Crippen LogP) is 2.98. The normalized spacial score (nSPS) is 13.9. The fourth-order valence-electron chi connectivity index (χ4n) is 1.33. The zero-order chi connectivity index (χ0) is 13.2. The van der Waals surface area contributed by atoms with Crippen molar-refractivity contribution in [3.8, 4) is 5.75 Å². The molecule has 0 heterocycles. The molecule has 1 atom stereocenters. The number of methoxy groups -OCH3 is 1. The van der Waals surface area contributed by atoms with Crippen molar-refractivity contribution in [3.05, 3.63) is 29.3 Å². The number of halogens is 5. The van der Waals surface area contributed by atoms with Gasteiger partial charge in [-0.25, -0.2) is 8.78 Å². The Kier molecular flexibility index (Phi) is 3.92. The van der Waals surface area contributed by atoms with Crippen LogP contribution in [-0.2, 0) is 6.18 Å². The van der Waals surface area contributed by atoms with E-state index in [9.17, 15) is 22.0 Å². The molecule has 0 unspecified atom stereocenters. The lowest BCUT2D eigenvalue weighted by Crippen LogP contribution is -2.23. The van der Waals surface area contributed by atoms with Gasteiger partial charge in [0.2, 0.25) is 0 Å². The summed E-state index contributed by atoms with van der Waals surface area (Å²) in [7, 11) is 1.18. The van der Waals surface area contributed by atoms with E-state index in [0.29, 0.717) is 6.07 Å². The van der Waals surface area contributed by atoms with Crippen molar-refractivity contribution in [2.75, 3.05) is 7.11 Å². The summed E-state index contributed by atoms with van der Waals surface area (Å²) in [6.07, 6.45) is -7.82. The van der Waals surface area contributed by atoms with Gasteiger partial charge in [0.25, 0.3) is 6.43 Å². The maximum Gasteiger partial charge on any atom is 0.416 e. The molecule has 0 aromatic heterocycles. The molecular formula is C10H10F5NO. The Bertz CT molecular complexity index is 391. The number of ether oxygens (including phenoxy) is 1. The highest BCUT2D eigenvalue weighted by Crippen LogP contribution is 2.37. The first-order valence-electron chi connectivity index (χ1n) is 4.56. The van der Waals surface area contributed by atoms with Crippen LogP contribution in [0.5, 0.6) is 5.75 Å². The van der Waals surface area contributed by atoms with E-state index in [4.69, 9.17) is 5.73 Å². The van der Waals surface area contributed by atoms with Crippen molar-refractivity contribution in [2.24, 2.45) is 5.73 Å². The minimum atomic E-state index is -4.75. The molecule has 0 saturated heterocycles. The smallest absolute Gasteiger partial charge is 0.416 e. The quantitative estimate of drug-likeness (QED) is 0.843. The summed E-state index contributed by atoms with van der Waals surface area (Å²) in [4.78, 5) is 0. The van der Waals surface area contributed by atoms with Gasteiger partial charge in [-0.15, -0.1) is 0 Å². The molecule has 0 amide bonds. The van der Waals surface area contributed by atoms with Gasteiger partial charge in [0.15, 0.2) is 0 Å². The summed E-state index contributed by atoms with van der Waals surface area (Å²) in [5.74, 6) is -0.0671. The first-order chi connectivity index (χ1) is 7.77. The van der Waals surface area contributed by atoms with Crippen LogP contribution in [0.3, 0.4) is 0 Å². The fraction of sp³-hybridized carbons (Fsp3) is 0.400. The van der Waals surface area contributed by atoms with Crippen LogP contribution in [0.2, 0.25) is 0 Å². The van der Waals surface area contributed by atoms with Gasteiger partial charge >= 0.3 is 6.18 Å². The van der Waals surface area contributed by atoms with E-state index >= 15 is 0 Å². The Hall–Kier alpha value is -1.37. The second kappa shape index (κ2) is 4.87. The predicted molar refractivity (Wildman–Crippen MR) is 50.9 cm³/mol. The maximum atomic E-state index is 12.6. The van der Waals surface area contributed by atoms with Crippen LogP contribution in [0.4, 0.5) is 22.0 Å². The minimum absolute atomic E-state index is 0.0671. The number of nitrogens with two attached hydrogens (primary N) is 1. The SMILES string of the molecule is COc1ccc([C@H](N)C(F)F)c(C(F)(F)F)c1. The molecule has 0 spiro atoms. The van der Waals surface area contributed by atoms with Crippen molar-refractivity contribution in [1.82, 2.24) is 0 Å². The van der Waals surface area contributed by atoms with Crippen molar-refractivity contribution in [1.29, 1.82) is 0 Å². The van der Waals surface area contributed by atoms with Gasteiger partial charge in [-0.1, -0.05) is 6.07 Å².